The molecule has 0 saturated heterocycles. The lowest BCUT2D eigenvalue weighted by Crippen LogP contribution is -2.12. The second-order valence-electron chi connectivity index (χ2n) is 3.44. The lowest BCUT2D eigenvalue weighted by Gasteiger charge is -2.10. The molecule has 1 rings (SSSR count). The first-order valence-electron chi connectivity index (χ1n) is 4.32. The number of halogens is 2. The average Bonchev–Trinajstić information content (AvgIpc) is 2.30. The minimum absolute atomic E-state index is 0.237. The topological polar surface area (TPSA) is 17.8 Å². The van der Waals surface area contributed by atoms with E-state index in [1.807, 2.05) is 20.8 Å². The average molecular weight is 188 g/mol. The first kappa shape index (κ1) is 10.2. The Morgan fingerprint density at radius 3 is 2.54 bits per heavy atom. The molecule has 4 heteroatoms. The van der Waals surface area contributed by atoms with Crippen LogP contribution in [0.25, 0.3) is 0 Å². The zero-order valence-electron chi connectivity index (χ0n) is 8.09. The molecule has 1 aromatic heterocycles. The molecule has 0 saturated carbocycles. The molecule has 0 aliphatic rings. The molecule has 0 aliphatic carbocycles. The Bertz CT molecular complexity index is 279. The molecule has 1 aromatic rings. The van der Waals surface area contributed by atoms with Gasteiger partial charge in [0.2, 0.25) is 0 Å². The van der Waals surface area contributed by atoms with Gasteiger partial charge in [0.05, 0.1) is 6.20 Å². The summed E-state index contributed by atoms with van der Waals surface area (Å²) in [5, 5.41) is 3.91. The van der Waals surface area contributed by atoms with E-state index in [-0.39, 0.29) is 12.5 Å². The van der Waals surface area contributed by atoms with Gasteiger partial charge in [-0.2, -0.15) is 5.10 Å². The molecule has 0 aromatic carbocycles. The van der Waals surface area contributed by atoms with Crippen molar-refractivity contribution in [3.8, 4) is 0 Å². The first-order chi connectivity index (χ1) is 6.02. The number of alkyl halides is 2. The molecule has 0 radical (unpaired) electrons. The second kappa shape index (κ2) is 3.85. The first-order valence-corrected chi connectivity index (χ1v) is 4.32. The van der Waals surface area contributed by atoms with Crippen molar-refractivity contribution >= 4 is 0 Å². The highest BCUT2D eigenvalue weighted by molar-refractivity contribution is 5.18. The van der Waals surface area contributed by atoms with Crippen LogP contribution in [0.5, 0.6) is 0 Å². The van der Waals surface area contributed by atoms with Crippen molar-refractivity contribution in [3.05, 3.63) is 17.5 Å². The zero-order chi connectivity index (χ0) is 10.0. The summed E-state index contributed by atoms with van der Waals surface area (Å²) < 4.78 is 25.6. The molecular weight excluding hydrogens is 174 g/mol. The van der Waals surface area contributed by atoms with E-state index in [0.29, 0.717) is 0 Å². The number of aryl methyl sites for hydroxylation is 1. The third-order valence-electron chi connectivity index (χ3n) is 1.93. The Morgan fingerprint density at radius 2 is 2.08 bits per heavy atom. The standard InChI is InChI=1S/C9H14F2N2/c1-6(2)9-7(3)4-12-13(9)5-8(10)11/h4,6,8H,5H2,1-3H3. The van der Waals surface area contributed by atoms with Gasteiger partial charge in [-0.3, -0.25) is 4.68 Å². The number of hydrogen-bond acceptors (Lipinski definition) is 1. The third kappa shape index (κ3) is 2.26. The predicted octanol–water partition coefficient (Wildman–Crippen LogP) is 2.58. The second-order valence-corrected chi connectivity index (χ2v) is 3.44. The van der Waals surface area contributed by atoms with Gasteiger partial charge >= 0.3 is 0 Å². The fourth-order valence-corrected chi connectivity index (χ4v) is 1.52. The van der Waals surface area contributed by atoms with Gasteiger partial charge in [0.1, 0.15) is 6.54 Å². The van der Waals surface area contributed by atoms with Crippen molar-refractivity contribution in [2.24, 2.45) is 0 Å². The van der Waals surface area contributed by atoms with Crippen LogP contribution in [0.15, 0.2) is 6.20 Å². The Kier molecular flexibility index (Phi) is 3.01. The van der Waals surface area contributed by atoms with Crippen molar-refractivity contribution in [3.63, 3.8) is 0 Å². The summed E-state index contributed by atoms with van der Waals surface area (Å²) in [7, 11) is 0. The maximum absolute atomic E-state index is 12.1. The highest BCUT2D eigenvalue weighted by atomic mass is 19.3. The van der Waals surface area contributed by atoms with Gasteiger partial charge in [-0.25, -0.2) is 8.78 Å². The number of aromatic nitrogens is 2. The van der Waals surface area contributed by atoms with E-state index in [2.05, 4.69) is 5.10 Å². The van der Waals surface area contributed by atoms with E-state index in [0.717, 1.165) is 11.3 Å². The lowest BCUT2D eigenvalue weighted by atomic mass is 10.1. The molecule has 0 atom stereocenters. The molecule has 74 valence electrons. The Hall–Kier alpha value is -0.930. The van der Waals surface area contributed by atoms with E-state index < -0.39 is 6.43 Å². The van der Waals surface area contributed by atoms with Gasteiger partial charge in [-0.1, -0.05) is 13.8 Å². The quantitative estimate of drug-likeness (QED) is 0.712. The summed E-state index contributed by atoms with van der Waals surface area (Å²) in [6.07, 6.45) is -0.700. The number of hydrogen-bond donors (Lipinski definition) is 0. The van der Waals surface area contributed by atoms with E-state index in [1.165, 1.54) is 4.68 Å². The van der Waals surface area contributed by atoms with Crippen LogP contribution in [0.3, 0.4) is 0 Å². The lowest BCUT2D eigenvalue weighted by molar-refractivity contribution is 0.120. The van der Waals surface area contributed by atoms with Crippen LogP contribution in [0.1, 0.15) is 31.0 Å². The van der Waals surface area contributed by atoms with Crippen LogP contribution in [-0.2, 0) is 6.54 Å². The van der Waals surface area contributed by atoms with Crippen LogP contribution in [0, 0.1) is 6.92 Å². The van der Waals surface area contributed by atoms with Gasteiger partial charge in [-0.15, -0.1) is 0 Å². The molecule has 0 spiro atoms. The monoisotopic (exact) mass is 188 g/mol. The summed E-state index contributed by atoms with van der Waals surface area (Å²) in [6, 6.07) is 0. The summed E-state index contributed by atoms with van der Waals surface area (Å²) in [6.45, 7) is 5.55. The predicted molar refractivity (Wildman–Crippen MR) is 47.1 cm³/mol. The smallest absolute Gasteiger partial charge is 0.257 e. The van der Waals surface area contributed by atoms with Gasteiger partial charge in [0, 0.05) is 5.69 Å². The highest BCUT2D eigenvalue weighted by Gasteiger charge is 2.14. The van der Waals surface area contributed by atoms with Crippen LogP contribution in [0.2, 0.25) is 0 Å². The highest BCUT2D eigenvalue weighted by Crippen LogP contribution is 2.19. The largest absolute Gasteiger partial charge is 0.263 e. The van der Waals surface area contributed by atoms with Crippen molar-refractivity contribution in [2.75, 3.05) is 0 Å². The third-order valence-corrected chi connectivity index (χ3v) is 1.93. The van der Waals surface area contributed by atoms with E-state index >= 15 is 0 Å². The van der Waals surface area contributed by atoms with Gasteiger partial charge in [-0.05, 0) is 18.4 Å². The van der Waals surface area contributed by atoms with Crippen LogP contribution >= 0.6 is 0 Å². The molecule has 0 fully saturated rings. The summed E-state index contributed by atoms with van der Waals surface area (Å²) >= 11 is 0. The molecule has 0 bridgehead atoms. The molecular formula is C9H14F2N2. The molecule has 13 heavy (non-hydrogen) atoms. The summed E-state index contributed by atoms with van der Waals surface area (Å²) in [4.78, 5) is 0. The molecule has 0 amide bonds. The van der Waals surface area contributed by atoms with Crippen LogP contribution < -0.4 is 0 Å². The van der Waals surface area contributed by atoms with Crippen LogP contribution in [-0.4, -0.2) is 16.2 Å². The fourth-order valence-electron chi connectivity index (χ4n) is 1.52. The summed E-state index contributed by atoms with van der Waals surface area (Å²) in [5.41, 5.74) is 1.89. The molecule has 0 N–H and O–H groups in total. The maximum Gasteiger partial charge on any atom is 0.257 e. The van der Waals surface area contributed by atoms with E-state index in [4.69, 9.17) is 0 Å². The van der Waals surface area contributed by atoms with Crippen molar-refractivity contribution in [1.29, 1.82) is 0 Å². The molecule has 2 nitrogen and oxygen atoms in total. The van der Waals surface area contributed by atoms with Crippen LogP contribution in [0.4, 0.5) is 8.78 Å². The normalized spacial score (nSPS) is 11.6. The van der Waals surface area contributed by atoms with Gasteiger partial charge < -0.3 is 0 Å². The molecule has 0 aliphatic heterocycles. The van der Waals surface area contributed by atoms with Crippen molar-refractivity contribution in [2.45, 2.75) is 39.7 Å². The SMILES string of the molecule is Cc1cnn(CC(F)F)c1C(C)C. The number of rotatable bonds is 3. The minimum Gasteiger partial charge on any atom is -0.263 e. The Morgan fingerprint density at radius 1 is 1.46 bits per heavy atom. The zero-order valence-corrected chi connectivity index (χ0v) is 8.09. The van der Waals surface area contributed by atoms with Crippen molar-refractivity contribution in [1.82, 2.24) is 9.78 Å². The molecule has 1 heterocycles. The fraction of sp³-hybridized carbons (Fsp3) is 0.667. The Balaban J connectivity index is 2.94. The Labute approximate surface area is 76.6 Å². The number of nitrogens with zero attached hydrogens (tertiary/aromatic N) is 2. The maximum atomic E-state index is 12.1. The minimum atomic E-state index is -2.34. The van der Waals surface area contributed by atoms with E-state index in [9.17, 15) is 8.78 Å². The summed E-state index contributed by atoms with van der Waals surface area (Å²) in [5.74, 6) is 0.237. The van der Waals surface area contributed by atoms with Gasteiger partial charge in [0.25, 0.3) is 6.43 Å². The molecule has 0 unspecified atom stereocenters. The van der Waals surface area contributed by atoms with E-state index in [1.54, 1.807) is 6.20 Å². The van der Waals surface area contributed by atoms with Gasteiger partial charge in [0.15, 0.2) is 0 Å². The van der Waals surface area contributed by atoms with Crippen molar-refractivity contribution < 1.29 is 8.78 Å².